The molecule has 6 heteroatoms. The molecule has 5 nitrogen and oxygen atoms in total. The smallest absolute Gasteiger partial charge is 0.310 e. The first kappa shape index (κ1) is 22.2. The highest BCUT2D eigenvalue weighted by molar-refractivity contribution is 6.35. The molecule has 3 aromatic rings. The highest BCUT2D eigenvalue weighted by Crippen LogP contribution is 2.35. The number of carbonyl (C=O) groups is 1. The first-order valence-electron chi connectivity index (χ1n) is 10.8. The molecular weight excluding hydrogens is 426 g/mol. The second-order valence-electron chi connectivity index (χ2n) is 7.65. The normalized spacial score (nSPS) is 13.6. The Bertz CT molecular complexity index is 1190. The second-order valence-corrected chi connectivity index (χ2v) is 8.05. The highest BCUT2D eigenvalue weighted by atomic mass is 35.5. The van der Waals surface area contributed by atoms with E-state index in [2.05, 4.69) is 12.1 Å². The van der Waals surface area contributed by atoms with E-state index in [1.54, 1.807) is 13.2 Å². The summed E-state index contributed by atoms with van der Waals surface area (Å²) in [6, 6.07) is 12.0. The molecule has 0 saturated heterocycles. The van der Waals surface area contributed by atoms with Crippen molar-refractivity contribution in [2.24, 2.45) is 5.73 Å². The lowest BCUT2D eigenvalue weighted by atomic mass is 10.0. The van der Waals surface area contributed by atoms with Gasteiger partial charge in [0.1, 0.15) is 12.4 Å². The maximum absolute atomic E-state index is 11.9. The Morgan fingerprint density at radius 2 is 2.00 bits per heavy atom. The van der Waals surface area contributed by atoms with Gasteiger partial charge < -0.3 is 19.6 Å². The van der Waals surface area contributed by atoms with E-state index >= 15 is 0 Å². The van der Waals surface area contributed by atoms with Gasteiger partial charge in [0.25, 0.3) is 0 Å². The fourth-order valence-corrected chi connectivity index (χ4v) is 4.10. The van der Waals surface area contributed by atoms with Gasteiger partial charge in [-0.25, -0.2) is 0 Å². The number of hydrogen-bond acceptors (Lipinski definition) is 5. The van der Waals surface area contributed by atoms with Crippen molar-refractivity contribution < 1.29 is 18.7 Å². The molecule has 0 aliphatic heterocycles. The Morgan fingerprint density at radius 1 is 1.16 bits per heavy atom. The summed E-state index contributed by atoms with van der Waals surface area (Å²) in [5, 5.41) is 1.44. The van der Waals surface area contributed by atoms with Gasteiger partial charge in [-0.3, -0.25) is 4.79 Å². The van der Waals surface area contributed by atoms with Crippen molar-refractivity contribution in [2.45, 2.75) is 39.3 Å². The third-order valence-electron chi connectivity index (χ3n) is 5.43. The first-order valence-corrected chi connectivity index (χ1v) is 11.1. The van der Waals surface area contributed by atoms with Crippen molar-refractivity contribution in [1.82, 2.24) is 0 Å². The molecule has 2 N–H and O–H groups in total. The average molecular weight is 452 g/mol. The molecule has 166 valence electrons. The van der Waals surface area contributed by atoms with Gasteiger partial charge in [-0.05, 0) is 60.7 Å². The van der Waals surface area contributed by atoms with E-state index in [9.17, 15) is 4.79 Å². The first-order chi connectivity index (χ1) is 15.6. The van der Waals surface area contributed by atoms with Crippen molar-refractivity contribution in [2.75, 3.05) is 6.61 Å². The largest absolute Gasteiger partial charge is 0.489 e. The number of rotatable bonds is 8. The van der Waals surface area contributed by atoms with Gasteiger partial charge in [0.05, 0.1) is 24.3 Å². The summed E-state index contributed by atoms with van der Waals surface area (Å²) in [5.74, 6) is 0.469. The fourth-order valence-electron chi connectivity index (χ4n) is 3.84. The van der Waals surface area contributed by atoms with Crippen LogP contribution < -0.4 is 5.73 Å². The van der Waals surface area contributed by atoms with Crippen LogP contribution in [0.25, 0.3) is 22.1 Å². The molecule has 0 radical (unpaired) electrons. The molecular formula is C26H26ClNO4. The van der Waals surface area contributed by atoms with Gasteiger partial charge in [0.15, 0.2) is 5.58 Å². The van der Waals surface area contributed by atoms with Gasteiger partial charge in [-0.1, -0.05) is 35.9 Å². The van der Waals surface area contributed by atoms with Crippen molar-refractivity contribution in [3.05, 3.63) is 82.3 Å². The molecule has 4 rings (SSSR count). The number of ether oxygens (including phenoxy) is 2. The number of halogens is 1. The van der Waals surface area contributed by atoms with Crippen LogP contribution in [0, 0.1) is 0 Å². The zero-order valence-electron chi connectivity index (χ0n) is 18.0. The molecule has 32 heavy (non-hydrogen) atoms. The minimum absolute atomic E-state index is 0.208. The summed E-state index contributed by atoms with van der Waals surface area (Å²) in [5.41, 5.74) is 11.3. The maximum atomic E-state index is 11.9. The molecule has 1 aromatic heterocycles. The van der Waals surface area contributed by atoms with Crippen LogP contribution in [0.3, 0.4) is 0 Å². The summed E-state index contributed by atoms with van der Waals surface area (Å²) in [6.07, 6.45) is 7.71. The summed E-state index contributed by atoms with van der Waals surface area (Å²) in [7, 11) is 0. The Hall–Kier alpha value is -3.02. The third-order valence-corrected chi connectivity index (χ3v) is 5.71. The van der Waals surface area contributed by atoms with E-state index in [-0.39, 0.29) is 12.4 Å². The standard InChI is InChI=1S/C26H26ClNO4/c1-2-30-25(29)13-19-7-3-4-9-24(19)31-15-21-16-32-26-22(21)11-20(12-23(26)27)18-8-5-6-17(10-18)14-28/h5-12,16H,2-4,13-15,28H2,1H3. The molecule has 2 aromatic carbocycles. The van der Waals surface area contributed by atoms with Crippen molar-refractivity contribution in [3.8, 4) is 11.1 Å². The van der Waals surface area contributed by atoms with Crippen LogP contribution in [0.15, 0.2) is 70.6 Å². The van der Waals surface area contributed by atoms with Crippen LogP contribution in [0.2, 0.25) is 5.02 Å². The predicted octanol–water partition coefficient (Wildman–Crippen LogP) is 6.29. The Balaban J connectivity index is 1.57. The molecule has 0 unspecified atom stereocenters. The Kier molecular flexibility index (Phi) is 6.98. The van der Waals surface area contributed by atoms with E-state index in [0.717, 1.165) is 51.8 Å². The van der Waals surface area contributed by atoms with Gasteiger partial charge in [0.2, 0.25) is 0 Å². The summed E-state index contributed by atoms with van der Waals surface area (Å²) in [4.78, 5) is 11.9. The molecule has 0 atom stereocenters. The van der Waals surface area contributed by atoms with E-state index in [1.807, 2.05) is 36.4 Å². The highest BCUT2D eigenvalue weighted by Gasteiger charge is 2.17. The van der Waals surface area contributed by atoms with Gasteiger partial charge in [-0.2, -0.15) is 0 Å². The van der Waals surface area contributed by atoms with E-state index in [1.165, 1.54) is 0 Å². The van der Waals surface area contributed by atoms with Crippen LogP contribution in [-0.4, -0.2) is 12.6 Å². The van der Waals surface area contributed by atoms with E-state index < -0.39 is 0 Å². The third kappa shape index (κ3) is 4.90. The SMILES string of the molecule is CCOC(=O)CC1=CCCC=C1OCc1coc2c(Cl)cc(-c3cccc(CN)c3)cc12. The number of carbonyl (C=O) groups excluding carboxylic acids is 1. The summed E-state index contributed by atoms with van der Waals surface area (Å²) >= 11 is 6.53. The number of fused-ring (bicyclic) bond motifs is 1. The monoisotopic (exact) mass is 451 g/mol. The Morgan fingerprint density at radius 3 is 2.81 bits per heavy atom. The molecule has 0 spiro atoms. The van der Waals surface area contributed by atoms with Crippen molar-refractivity contribution in [1.29, 1.82) is 0 Å². The zero-order chi connectivity index (χ0) is 22.5. The van der Waals surface area contributed by atoms with E-state index in [0.29, 0.717) is 30.4 Å². The second kappa shape index (κ2) is 10.1. The lowest BCUT2D eigenvalue weighted by Crippen LogP contribution is -2.09. The number of esters is 1. The molecule has 1 aliphatic rings. The van der Waals surface area contributed by atoms with Crippen LogP contribution in [0.4, 0.5) is 0 Å². The molecule has 0 amide bonds. The van der Waals surface area contributed by atoms with Crippen LogP contribution >= 0.6 is 11.6 Å². The summed E-state index contributed by atoms with van der Waals surface area (Å²) < 4.78 is 16.9. The van der Waals surface area contributed by atoms with Crippen LogP contribution in [-0.2, 0) is 27.4 Å². The van der Waals surface area contributed by atoms with Gasteiger partial charge in [-0.15, -0.1) is 0 Å². The van der Waals surface area contributed by atoms with Crippen LogP contribution in [0.1, 0.15) is 37.3 Å². The van der Waals surface area contributed by atoms with E-state index in [4.69, 9.17) is 31.2 Å². The molecule has 0 bridgehead atoms. The summed E-state index contributed by atoms with van der Waals surface area (Å²) in [6.45, 7) is 2.95. The quantitative estimate of drug-likeness (QED) is 0.407. The van der Waals surface area contributed by atoms with Crippen LogP contribution in [0.5, 0.6) is 0 Å². The lowest BCUT2D eigenvalue weighted by molar-refractivity contribution is -0.142. The van der Waals surface area contributed by atoms with Gasteiger partial charge in [0, 0.05) is 23.1 Å². The fraction of sp³-hybridized carbons (Fsp3) is 0.269. The lowest BCUT2D eigenvalue weighted by Gasteiger charge is -2.17. The minimum atomic E-state index is -0.250. The molecule has 1 aliphatic carbocycles. The topological polar surface area (TPSA) is 74.7 Å². The number of nitrogens with two attached hydrogens (primary N) is 1. The molecule has 0 fully saturated rings. The maximum Gasteiger partial charge on any atom is 0.310 e. The minimum Gasteiger partial charge on any atom is -0.489 e. The number of benzene rings is 2. The van der Waals surface area contributed by atoms with Crippen molar-refractivity contribution >= 4 is 28.5 Å². The average Bonchev–Trinajstić information content (AvgIpc) is 3.22. The zero-order valence-corrected chi connectivity index (χ0v) is 18.8. The number of hydrogen-bond donors (Lipinski definition) is 1. The number of allylic oxidation sites excluding steroid dienone is 3. The molecule has 0 saturated carbocycles. The Labute approximate surface area is 192 Å². The predicted molar refractivity (Wildman–Crippen MR) is 126 cm³/mol. The van der Waals surface area contributed by atoms with Gasteiger partial charge >= 0.3 is 5.97 Å². The molecule has 1 heterocycles. The number of furan rings is 1. The van der Waals surface area contributed by atoms with Crippen molar-refractivity contribution in [3.63, 3.8) is 0 Å².